The second-order valence-electron chi connectivity index (χ2n) is 5.15. The molecule has 0 bridgehead atoms. The van der Waals surface area contributed by atoms with Gasteiger partial charge in [0, 0.05) is 30.7 Å². The molecular formula is C16H14N4O4S. The van der Waals surface area contributed by atoms with E-state index in [0.717, 1.165) is 4.90 Å². The highest BCUT2D eigenvalue weighted by atomic mass is 32.1. The third-order valence-electron chi connectivity index (χ3n) is 3.64. The third-order valence-corrected chi connectivity index (χ3v) is 4.45. The van der Waals surface area contributed by atoms with Crippen LogP contribution < -0.4 is 0 Å². The lowest BCUT2D eigenvalue weighted by atomic mass is 10.0. The van der Waals surface area contributed by atoms with Crippen molar-refractivity contribution in [1.29, 1.82) is 0 Å². The number of aromatic hydroxyl groups is 1. The van der Waals surface area contributed by atoms with E-state index in [0.29, 0.717) is 16.0 Å². The number of rotatable bonds is 5. The number of aliphatic carboxylic acids is 1. The number of phenolic OH excluding ortho intramolecular Hbond substituents is 1. The molecule has 0 atom stereocenters. The molecule has 9 heteroatoms. The van der Waals surface area contributed by atoms with E-state index < -0.39 is 18.4 Å². The normalized spacial score (nSPS) is 10.8. The molecule has 1 amide bonds. The molecule has 0 saturated heterocycles. The van der Waals surface area contributed by atoms with Crippen molar-refractivity contribution in [2.75, 3.05) is 13.1 Å². The molecule has 0 fully saturated rings. The monoisotopic (exact) mass is 358 g/mol. The fourth-order valence-corrected chi connectivity index (χ4v) is 3.13. The first-order valence-corrected chi connectivity index (χ1v) is 8.27. The van der Waals surface area contributed by atoms with E-state index in [9.17, 15) is 14.7 Å². The Bertz CT molecular complexity index is 943. The largest absolute Gasteiger partial charge is 0.506 e. The van der Waals surface area contributed by atoms with Gasteiger partial charge in [0.05, 0.1) is 15.9 Å². The highest BCUT2D eigenvalue weighted by Crippen LogP contribution is 2.38. The smallest absolute Gasteiger partial charge is 0.323 e. The topological polar surface area (TPSA) is 117 Å². The maximum absolute atomic E-state index is 12.9. The summed E-state index contributed by atoms with van der Waals surface area (Å²) in [6.07, 6.45) is 4.47. The van der Waals surface area contributed by atoms with Crippen LogP contribution in [0.3, 0.4) is 0 Å². The second-order valence-corrected chi connectivity index (χ2v) is 6.04. The molecule has 1 aromatic carbocycles. The minimum absolute atomic E-state index is 0.0582. The van der Waals surface area contributed by atoms with Gasteiger partial charge < -0.3 is 15.1 Å². The van der Waals surface area contributed by atoms with Crippen LogP contribution in [-0.4, -0.2) is 55.0 Å². The molecule has 2 N–H and O–H groups in total. The number of likely N-dealkylation sites (N-methyl/N-ethyl adjacent to an activating group) is 1. The lowest BCUT2D eigenvalue weighted by Crippen LogP contribution is -2.35. The fraction of sp³-hybridized carbons (Fsp3) is 0.188. The maximum Gasteiger partial charge on any atom is 0.323 e. The summed E-state index contributed by atoms with van der Waals surface area (Å²) in [6, 6.07) is 1.63. The molecule has 128 valence electrons. The Labute approximate surface area is 146 Å². The minimum Gasteiger partial charge on any atom is -0.506 e. The summed E-state index contributed by atoms with van der Waals surface area (Å²) in [7, 11) is 0. The van der Waals surface area contributed by atoms with Gasteiger partial charge in [-0.25, -0.2) is 0 Å². The van der Waals surface area contributed by atoms with Crippen LogP contribution in [0.5, 0.6) is 5.75 Å². The summed E-state index contributed by atoms with van der Waals surface area (Å²) in [5.74, 6) is -2.01. The predicted molar refractivity (Wildman–Crippen MR) is 91.5 cm³/mol. The molecule has 0 aliphatic heterocycles. The number of thiazole rings is 1. The average molecular weight is 358 g/mol. The molecule has 25 heavy (non-hydrogen) atoms. The first-order valence-electron chi connectivity index (χ1n) is 7.39. The zero-order valence-electron chi connectivity index (χ0n) is 13.2. The van der Waals surface area contributed by atoms with Gasteiger partial charge in [0.2, 0.25) is 0 Å². The van der Waals surface area contributed by atoms with Gasteiger partial charge >= 0.3 is 5.97 Å². The first-order chi connectivity index (χ1) is 12.0. The van der Waals surface area contributed by atoms with Gasteiger partial charge in [-0.05, 0) is 13.0 Å². The Morgan fingerprint density at radius 1 is 1.28 bits per heavy atom. The van der Waals surface area contributed by atoms with E-state index in [-0.39, 0.29) is 23.4 Å². The number of fused-ring (bicyclic) bond motifs is 1. The lowest BCUT2D eigenvalue weighted by molar-refractivity contribution is -0.137. The quantitative estimate of drug-likeness (QED) is 0.716. The van der Waals surface area contributed by atoms with E-state index in [2.05, 4.69) is 15.0 Å². The Balaban J connectivity index is 2.23. The molecule has 2 heterocycles. The molecule has 0 saturated carbocycles. The SMILES string of the molecule is CCN(CC(=O)O)C(=O)c1c(O)c(-c2cncs2)cc2nccnc12. The molecule has 3 aromatic rings. The highest BCUT2D eigenvalue weighted by Gasteiger charge is 2.26. The number of phenols is 1. The van der Waals surface area contributed by atoms with Crippen LogP contribution in [0.1, 0.15) is 17.3 Å². The van der Waals surface area contributed by atoms with E-state index in [1.807, 2.05) is 0 Å². The van der Waals surface area contributed by atoms with Gasteiger partial charge in [-0.2, -0.15) is 0 Å². The molecule has 0 unspecified atom stereocenters. The molecule has 2 aromatic heterocycles. The van der Waals surface area contributed by atoms with Crippen LogP contribution >= 0.6 is 11.3 Å². The molecule has 0 radical (unpaired) electrons. The van der Waals surface area contributed by atoms with Crippen molar-refractivity contribution in [3.63, 3.8) is 0 Å². The van der Waals surface area contributed by atoms with Crippen LogP contribution in [0, 0.1) is 0 Å². The number of hydrogen-bond acceptors (Lipinski definition) is 7. The number of carboxylic acids is 1. The Hall–Kier alpha value is -3.07. The van der Waals surface area contributed by atoms with Crippen molar-refractivity contribution < 1.29 is 19.8 Å². The molecule has 8 nitrogen and oxygen atoms in total. The van der Waals surface area contributed by atoms with E-state index in [1.165, 1.54) is 23.7 Å². The molecule has 3 rings (SSSR count). The van der Waals surface area contributed by atoms with Crippen molar-refractivity contribution in [3.8, 4) is 16.2 Å². The Morgan fingerprint density at radius 3 is 2.68 bits per heavy atom. The molecular weight excluding hydrogens is 344 g/mol. The van der Waals surface area contributed by atoms with Crippen molar-refractivity contribution in [2.45, 2.75) is 6.92 Å². The fourth-order valence-electron chi connectivity index (χ4n) is 2.49. The number of nitrogens with zero attached hydrogens (tertiary/aromatic N) is 4. The number of amides is 1. The van der Waals surface area contributed by atoms with E-state index in [1.54, 1.807) is 24.7 Å². The lowest BCUT2D eigenvalue weighted by Gasteiger charge is -2.20. The summed E-state index contributed by atoms with van der Waals surface area (Å²) in [6.45, 7) is 1.37. The van der Waals surface area contributed by atoms with Crippen LogP contribution in [0.4, 0.5) is 0 Å². The van der Waals surface area contributed by atoms with Crippen LogP contribution in [0.25, 0.3) is 21.5 Å². The van der Waals surface area contributed by atoms with E-state index >= 15 is 0 Å². The van der Waals surface area contributed by atoms with Crippen molar-refractivity contribution in [2.24, 2.45) is 0 Å². The van der Waals surface area contributed by atoms with Crippen LogP contribution in [0.15, 0.2) is 30.2 Å². The summed E-state index contributed by atoms with van der Waals surface area (Å²) >= 11 is 1.31. The third kappa shape index (κ3) is 3.13. The van der Waals surface area contributed by atoms with Gasteiger partial charge in [0.25, 0.3) is 5.91 Å². The van der Waals surface area contributed by atoms with Crippen molar-refractivity contribution in [1.82, 2.24) is 19.9 Å². The Kier molecular flexibility index (Phi) is 4.57. The van der Waals surface area contributed by atoms with Crippen molar-refractivity contribution >= 4 is 34.2 Å². The number of benzene rings is 1. The summed E-state index contributed by atoms with van der Waals surface area (Å²) < 4.78 is 0. The number of carbonyl (C=O) groups is 2. The van der Waals surface area contributed by atoms with Gasteiger partial charge in [0.15, 0.2) is 0 Å². The van der Waals surface area contributed by atoms with Gasteiger partial charge in [0.1, 0.15) is 23.4 Å². The zero-order valence-corrected chi connectivity index (χ0v) is 14.0. The standard InChI is InChI=1S/C16H14N4O4S/c1-2-20(7-12(21)22)16(24)13-14-10(18-3-4-19-14)5-9(15(13)23)11-6-17-8-25-11/h3-6,8,23H,2,7H2,1H3,(H,21,22). The van der Waals surface area contributed by atoms with Crippen LogP contribution in [0.2, 0.25) is 0 Å². The number of carbonyl (C=O) groups excluding carboxylic acids is 1. The second kappa shape index (κ2) is 6.81. The summed E-state index contributed by atoms with van der Waals surface area (Å²) in [5, 5.41) is 19.7. The number of aromatic nitrogens is 3. The van der Waals surface area contributed by atoms with Crippen molar-refractivity contribution in [3.05, 3.63) is 35.7 Å². The van der Waals surface area contributed by atoms with E-state index in [4.69, 9.17) is 5.11 Å². The predicted octanol–water partition coefficient (Wildman–Crippen LogP) is 2.01. The summed E-state index contributed by atoms with van der Waals surface area (Å²) in [5.41, 5.74) is 2.61. The summed E-state index contributed by atoms with van der Waals surface area (Å²) in [4.78, 5) is 38.0. The maximum atomic E-state index is 12.9. The van der Waals surface area contributed by atoms with Crippen LogP contribution in [-0.2, 0) is 4.79 Å². The average Bonchev–Trinajstić information content (AvgIpc) is 3.12. The number of carboxylic acid groups (broad SMARTS) is 1. The molecule has 0 aliphatic rings. The zero-order chi connectivity index (χ0) is 18.0. The Morgan fingerprint density at radius 2 is 2.04 bits per heavy atom. The minimum atomic E-state index is -1.14. The molecule has 0 aliphatic carbocycles. The van der Waals surface area contributed by atoms with Gasteiger partial charge in [-0.15, -0.1) is 11.3 Å². The molecule has 0 spiro atoms. The number of hydrogen-bond donors (Lipinski definition) is 2. The highest BCUT2D eigenvalue weighted by molar-refractivity contribution is 7.13. The van der Waals surface area contributed by atoms with Gasteiger partial charge in [-0.1, -0.05) is 0 Å². The first kappa shape index (κ1) is 16.8. The van der Waals surface area contributed by atoms with Gasteiger partial charge in [-0.3, -0.25) is 24.5 Å².